The van der Waals surface area contributed by atoms with Crippen LogP contribution < -0.4 is 29.5 Å². The molecule has 0 radical (unpaired) electrons. The van der Waals surface area contributed by atoms with Crippen LogP contribution in [0.2, 0.25) is 0 Å². The summed E-state index contributed by atoms with van der Waals surface area (Å²) in [6.45, 7) is 17.1. The summed E-state index contributed by atoms with van der Waals surface area (Å²) >= 11 is 0. The molecule has 6 rings (SSSR count). The van der Waals surface area contributed by atoms with E-state index in [4.69, 9.17) is 13.8 Å². The van der Waals surface area contributed by atoms with Crippen molar-refractivity contribution in [2.24, 2.45) is 0 Å². The second-order valence-electron chi connectivity index (χ2n) is 14.8. The number of nitrogens with one attached hydrogen (secondary N) is 1. The average molecular weight is 727 g/mol. The number of phosphoric acid groups is 1. The fraction of sp³-hybridized carbons (Fsp3) is 0.486. The van der Waals surface area contributed by atoms with Crippen LogP contribution in [0.4, 0.5) is 5.69 Å². The van der Waals surface area contributed by atoms with Crippen molar-refractivity contribution >= 4 is 29.1 Å². The molecule has 0 spiro atoms. The third-order valence-corrected chi connectivity index (χ3v) is 13.6. The van der Waals surface area contributed by atoms with Gasteiger partial charge in [0, 0.05) is 57.2 Å². The number of hydrogen-bond donors (Lipinski definition) is 3. The van der Waals surface area contributed by atoms with E-state index in [1.165, 1.54) is 7.05 Å². The lowest BCUT2D eigenvalue weighted by atomic mass is 9.78. The predicted octanol–water partition coefficient (Wildman–Crippen LogP) is 4.14. The molecule has 0 fully saturated rings. The van der Waals surface area contributed by atoms with Crippen LogP contribution in [-0.4, -0.2) is 70.0 Å². The molecular formula is C37H49N3O8PS+. The van der Waals surface area contributed by atoms with Crippen molar-refractivity contribution in [1.29, 1.82) is 0 Å². The maximum Gasteiger partial charge on any atom is 0.472 e. The van der Waals surface area contributed by atoms with Gasteiger partial charge in [0.1, 0.15) is 18.1 Å². The molecule has 50 heavy (non-hydrogen) atoms. The molecule has 0 amide bonds. The summed E-state index contributed by atoms with van der Waals surface area (Å²) in [6, 6.07) is 15.4. The Balaban J connectivity index is 1.60. The Morgan fingerprint density at radius 1 is 1.02 bits per heavy atom. The Morgan fingerprint density at radius 3 is 2.38 bits per heavy atom. The summed E-state index contributed by atoms with van der Waals surface area (Å²) in [5, 5.41) is 11.7. The van der Waals surface area contributed by atoms with Gasteiger partial charge in [0.25, 0.3) is 0 Å². The standard InChI is InChI=1S/C37H48N3O8PS/c1-22(2)48-49(42,43)46-17-15-40-24(4)37(7,8)29-19-27-33(21-31(29)40)47-32-20-30-28(36(5,6)23(3)39(30)14-16-41)18-26(32)35(27)25-12-10-11-13-34(25)50(44,45)38-9/h10-13,18-24,38,41H,14-17H2,1-9H3/p+1. The van der Waals surface area contributed by atoms with Crippen molar-refractivity contribution in [3.05, 3.63) is 81.4 Å². The first-order valence-corrected chi connectivity index (χ1v) is 20.1. The smallest absolute Gasteiger partial charge is 0.456 e. The molecule has 3 N–H and O–H groups in total. The first kappa shape index (κ1) is 36.7. The highest BCUT2D eigenvalue weighted by molar-refractivity contribution is 7.89. The summed E-state index contributed by atoms with van der Waals surface area (Å²) in [5.74, 6) is 1.15. The van der Waals surface area contributed by atoms with Crippen molar-refractivity contribution in [2.45, 2.75) is 89.3 Å². The highest BCUT2D eigenvalue weighted by atomic mass is 32.2. The molecule has 0 bridgehead atoms. The minimum atomic E-state index is -4.22. The number of phosphoric ester groups is 1. The maximum absolute atomic E-state index is 13.5. The largest absolute Gasteiger partial charge is 0.472 e. The molecule has 0 aromatic heterocycles. The van der Waals surface area contributed by atoms with Crippen LogP contribution in [0.1, 0.15) is 77.6 Å². The molecule has 0 aliphatic carbocycles. The summed E-state index contributed by atoms with van der Waals surface area (Å²) in [7, 11) is -6.66. The molecule has 0 saturated heterocycles. The lowest BCUT2D eigenvalue weighted by Crippen LogP contribution is -2.40. The van der Waals surface area contributed by atoms with E-state index in [9.17, 15) is 23.0 Å². The second-order valence-corrected chi connectivity index (χ2v) is 18.0. The Hall–Kier alpha value is -3.09. The number of hydrogen-bond acceptors (Lipinski definition) is 8. The molecule has 3 atom stereocenters. The van der Waals surface area contributed by atoms with Crippen molar-refractivity contribution in [3.63, 3.8) is 0 Å². The fourth-order valence-corrected chi connectivity index (χ4v) is 9.55. The second kappa shape index (κ2) is 12.8. The van der Waals surface area contributed by atoms with E-state index >= 15 is 0 Å². The summed E-state index contributed by atoms with van der Waals surface area (Å²) in [5.41, 5.74) is 4.50. The molecule has 270 valence electrons. The number of β-amino-alcohol motifs (C(OH)–C–C–N with tert-alkyl or cyclic N) is 1. The summed E-state index contributed by atoms with van der Waals surface area (Å²) in [6.07, 6.45) is -0.465. The first-order chi connectivity index (χ1) is 23.4. The van der Waals surface area contributed by atoms with Gasteiger partial charge in [-0.2, -0.15) is 0 Å². The highest BCUT2D eigenvalue weighted by Crippen LogP contribution is 2.51. The van der Waals surface area contributed by atoms with E-state index in [0.717, 1.165) is 38.5 Å². The Labute approximate surface area is 294 Å². The molecule has 3 aromatic carbocycles. The van der Waals surface area contributed by atoms with Gasteiger partial charge in [0.15, 0.2) is 12.6 Å². The molecular weight excluding hydrogens is 677 g/mol. The summed E-state index contributed by atoms with van der Waals surface area (Å²) in [4.78, 5) is 12.5. The Bertz CT molecular complexity index is 2150. The molecule has 3 aliphatic rings. The van der Waals surface area contributed by atoms with Crippen LogP contribution in [0.15, 0.2) is 53.4 Å². The lowest BCUT2D eigenvalue weighted by Gasteiger charge is -2.31. The number of aliphatic hydroxyl groups excluding tert-OH is 1. The van der Waals surface area contributed by atoms with Gasteiger partial charge in [-0.3, -0.25) is 9.05 Å². The number of aliphatic hydroxyl groups is 1. The minimum Gasteiger partial charge on any atom is -0.456 e. The van der Waals surface area contributed by atoms with Gasteiger partial charge in [-0.1, -0.05) is 32.0 Å². The number of nitrogens with zero attached hydrogens (tertiary/aromatic N) is 2. The minimum absolute atomic E-state index is 0.00223. The number of fused-ring (bicyclic) bond motifs is 4. The van der Waals surface area contributed by atoms with Crippen LogP contribution in [0, 0.1) is 0 Å². The molecule has 11 nitrogen and oxygen atoms in total. The number of ether oxygens (including phenoxy) is 1. The van der Waals surface area contributed by atoms with Crippen LogP contribution in [0.5, 0.6) is 11.5 Å². The van der Waals surface area contributed by atoms with Crippen molar-refractivity contribution in [3.8, 4) is 11.5 Å². The molecule has 3 unspecified atom stereocenters. The van der Waals surface area contributed by atoms with Gasteiger partial charge in [-0.25, -0.2) is 22.3 Å². The van der Waals surface area contributed by atoms with E-state index in [-0.39, 0.29) is 41.0 Å². The topological polar surface area (TPSA) is 138 Å². The van der Waals surface area contributed by atoms with Crippen molar-refractivity contribution < 1.29 is 36.8 Å². The molecule has 3 aliphatic heterocycles. The third-order valence-electron chi connectivity index (χ3n) is 11.0. The zero-order chi connectivity index (χ0) is 36.6. The predicted molar refractivity (Wildman–Crippen MR) is 194 cm³/mol. The Kier molecular flexibility index (Phi) is 9.43. The summed E-state index contributed by atoms with van der Waals surface area (Å²) < 4.78 is 61.4. The van der Waals surface area contributed by atoms with E-state index in [1.54, 1.807) is 26.0 Å². The monoisotopic (exact) mass is 726 g/mol. The quantitative estimate of drug-likeness (QED) is 0.154. The zero-order valence-corrected chi connectivity index (χ0v) is 32.0. The zero-order valence-electron chi connectivity index (χ0n) is 30.3. The number of rotatable bonds is 11. The third kappa shape index (κ3) is 6.02. The lowest BCUT2D eigenvalue weighted by molar-refractivity contribution is 0.122. The van der Waals surface area contributed by atoms with Gasteiger partial charge in [-0.15, -0.1) is 0 Å². The van der Waals surface area contributed by atoms with Gasteiger partial charge in [0.2, 0.25) is 15.4 Å². The van der Waals surface area contributed by atoms with E-state index in [0.29, 0.717) is 30.2 Å². The fourth-order valence-electron chi connectivity index (χ4n) is 7.71. The molecule has 13 heteroatoms. The van der Waals surface area contributed by atoms with Crippen LogP contribution >= 0.6 is 7.82 Å². The highest BCUT2D eigenvalue weighted by Gasteiger charge is 2.46. The maximum atomic E-state index is 13.5. The van der Waals surface area contributed by atoms with Crippen molar-refractivity contribution in [1.82, 2.24) is 9.30 Å². The van der Waals surface area contributed by atoms with E-state index in [2.05, 4.69) is 67.9 Å². The van der Waals surface area contributed by atoms with Crippen LogP contribution in [0.3, 0.4) is 0 Å². The van der Waals surface area contributed by atoms with E-state index < -0.39 is 23.9 Å². The normalized spacial score (nSPS) is 21.4. The average Bonchev–Trinajstić information content (AvgIpc) is 3.34. The number of anilines is 1. The number of benzene rings is 3. The van der Waals surface area contributed by atoms with Gasteiger partial charge in [0.05, 0.1) is 29.1 Å². The molecule has 3 aromatic rings. The first-order valence-electron chi connectivity index (χ1n) is 17.1. The molecule has 0 saturated carbocycles. The van der Waals surface area contributed by atoms with E-state index in [1.807, 2.05) is 24.3 Å². The van der Waals surface area contributed by atoms with Gasteiger partial charge in [-0.05, 0) is 72.4 Å². The van der Waals surface area contributed by atoms with Gasteiger partial charge >= 0.3 is 7.82 Å². The SMILES string of the molecule is CNS(=O)(=O)c1ccccc1C1=c2cc3c(cc2Oc2cc4c(cc21)C(C)(C)C(C)N4CCOP(=O)(O)OC(C)C)=[N+](CCO)C(C)C3(C)C. The van der Waals surface area contributed by atoms with Gasteiger partial charge < -0.3 is 19.6 Å². The molecule has 3 heterocycles. The van der Waals surface area contributed by atoms with Crippen molar-refractivity contribution in [2.75, 3.05) is 38.3 Å². The number of sulfonamides is 1. The van der Waals surface area contributed by atoms with Crippen LogP contribution in [0.25, 0.3) is 5.57 Å². The van der Waals surface area contributed by atoms with Crippen LogP contribution in [-0.2, 0) is 34.5 Å². The Morgan fingerprint density at radius 2 is 1.72 bits per heavy atom.